The predicted octanol–water partition coefficient (Wildman–Crippen LogP) is 5.93. The average Bonchev–Trinajstić information content (AvgIpc) is 2.78. The second kappa shape index (κ2) is 9.30. The van der Waals surface area contributed by atoms with Crippen molar-refractivity contribution in [3.05, 3.63) is 94.8 Å². The van der Waals surface area contributed by atoms with Gasteiger partial charge in [-0.25, -0.2) is 9.97 Å². The molecule has 2 aromatic carbocycles. The Hall–Kier alpha value is -3.65. The van der Waals surface area contributed by atoms with Gasteiger partial charge in [0.2, 0.25) is 0 Å². The summed E-state index contributed by atoms with van der Waals surface area (Å²) in [6.07, 6.45) is -2.78. The quantitative estimate of drug-likeness (QED) is 0.369. The van der Waals surface area contributed by atoms with Gasteiger partial charge >= 0.3 is 6.18 Å². The lowest BCUT2D eigenvalue weighted by Crippen LogP contribution is -2.15. The summed E-state index contributed by atoms with van der Waals surface area (Å²) >= 11 is 0. The minimum Gasteiger partial charge on any atom is -0.505 e. The molecule has 1 atom stereocenters. The second-order valence-electron chi connectivity index (χ2n) is 8.53. The highest BCUT2D eigenvalue weighted by Gasteiger charge is 2.30. The monoisotopic (exact) mass is 466 g/mol. The molecule has 0 spiro atoms. The van der Waals surface area contributed by atoms with Crippen LogP contribution in [0, 0.1) is 6.92 Å². The van der Waals surface area contributed by atoms with Crippen LogP contribution >= 0.6 is 0 Å². The Kier molecular flexibility index (Phi) is 6.43. The summed E-state index contributed by atoms with van der Waals surface area (Å²) < 4.78 is 39.4. The maximum atomic E-state index is 13.1. The van der Waals surface area contributed by atoms with E-state index in [-0.39, 0.29) is 5.75 Å². The molecular weight excluding hydrogens is 441 g/mol. The number of anilines is 1. The number of alkyl halides is 3. The van der Waals surface area contributed by atoms with Crippen molar-refractivity contribution in [1.29, 1.82) is 0 Å². The number of fused-ring (bicyclic) bond motifs is 1. The highest BCUT2D eigenvalue weighted by atomic mass is 19.4. The zero-order valence-electron chi connectivity index (χ0n) is 19.1. The van der Waals surface area contributed by atoms with E-state index in [1.165, 1.54) is 12.1 Å². The molecule has 34 heavy (non-hydrogen) atoms. The summed E-state index contributed by atoms with van der Waals surface area (Å²) in [6.45, 7) is 2.52. The van der Waals surface area contributed by atoms with E-state index in [0.29, 0.717) is 29.0 Å². The fourth-order valence-electron chi connectivity index (χ4n) is 3.84. The SMILES string of the molecule is Cc1ccnc(N[C@H](c2ccc(C(F)(F)F)cc2)c2ccc3ccc(CN(C)C)nc3c2O)c1. The van der Waals surface area contributed by atoms with Gasteiger partial charge in [-0.2, -0.15) is 13.2 Å². The molecule has 176 valence electrons. The van der Waals surface area contributed by atoms with E-state index >= 15 is 0 Å². The molecule has 0 aliphatic rings. The lowest BCUT2D eigenvalue weighted by molar-refractivity contribution is -0.137. The van der Waals surface area contributed by atoms with E-state index in [9.17, 15) is 18.3 Å². The van der Waals surface area contributed by atoms with E-state index in [0.717, 1.165) is 28.8 Å². The van der Waals surface area contributed by atoms with Crippen molar-refractivity contribution in [1.82, 2.24) is 14.9 Å². The Morgan fingerprint density at radius 3 is 2.35 bits per heavy atom. The zero-order chi connectivity index (χ0) is 24.5. The summed E-state index contributed by atoms with van der Waals surface area (Å²) in [5.74, 6) is 0.516. The summed E-state index contributed by atoms with van der Waals surface area (Å²) in [5, 5.41) is 15.3. The van der Waals surface area contributed by atoms with Gasteiger partial charge in [0.25, 0.3) is 0 Å². The first-order valence-corrected chi connectivity index (χ1v) is 10.7. The average molecular weight is 467 g/mol. The van der Waals surface area contributed by atoms with E-state index in [2.05, 4.69) is 15.3 Å². The molecule has 2 heterocycles. The van der Waals surface area contributed by atoms with Gasteiger partial charge in [-0.1, -0.05) is 30.3 Å². The van der Waals surface area contributed by atoms with Gasteiger partial charge in [0.1, 0.15) is 17.1 Å². The third-order valence-electron chi connectivity index (χ3n) is 5.49. The molecule has 0 aliphatic heterocycles. The molecule has 0 amide bonds. The van der Waals surface area contributed by atoms with Crippen molar-refractivity contribution in [3.63, 3.8) is 0 Å². The summed E-state index contributed by atoms with van der Waals surface area (Å²) in [6, 6.07) is 15.3. The first kappa shape index (κ1) is 23.5. The van der Waals surface area contributed by atoms with E-state index in [4.69, 9.17) is 0 Å². The number of aromatic nitrogens is 2. The van der Waals surface area contributed by atoms with E-state index in [1.54, 1.807) is 12.3 Å². The molecule has 2 N–H and O–H groups in total. The predicted molar refractivity (Wildman–Crippen MR) is 127 cm³/mol. The van der Waals surface area contributed by atoms with Gasteiger partial charge in [-0.15, -0.1) is 0 Å². The van der Waals surface area contributed by atoms with Crippen molar-refractivity contribution >= 4 is 16.7 Å². The Balaban J connectivity index is 1.82. The van der Waals surface area contributed by atoms with Crippen molar-refractivity contribution in [2.75, 3.05) is 19.4 Å². The molecule has 0 unspecified atom stereocenters. The van der Waals surface area contributed by atoms with Gasteiger partial charge in [-0.05, 0) is 62.5 Å². The normalized spacial score (nSPS) is 12.8. The fraction of sp³-hybridized carbons (Fsp3) is 0.231. The number of pyridine rings is 2. The molecule has 5 nitrogen and oxygen atoms in total. The molecule has 8 heteroatoms. The van der Waals surface area contributed by atoms with Crippen LogP contribution in [-0.2, 0) is 12.7 Å². The Labute approximate surface area is 195 Å². The van der Waals surface area contributed by atoms with Crippen LogP contribution in [-0.4, -0.2) is 34.1 Å². The molecule has 0 saturated carbocycles. The second-order valence-corrected chi connectivity index (χ2v) is 8.53. The van der Waals surface area contributed by atoms with Crippen LogP contribution in [0.15, 0.2) is 66.9 Å². The number of phenolic OH excluding ortho intramolecular Hbond substituents is 1. The topological polar surface area (TPSA) is 61.3 Å². The van der Waals surface area contributed by atoms with Gasteiger partial charge in [0.05, 0.1) is 17.3 Å². The Morgan fingerprint density at radius 2 is 1.71 bits per heavy atom. The largest absolute Gasteiger partial charge is 0.505 e. The molecule has 4 aromatic rings. The minimum absolute atomic E-state index is 0.0249. The lowest BCUT2D eigenvalue weighted by atomic mass is 9.95. The van der Waals surface area contributed by atoms with Gasteiger partial charge < -0.3 is 15.3 Å². The fourth-order valence-corrected chi connectivity index (χ4v) is 3.84. The standard InChI is InChI=1S/C26H25F3N4O/c1-16-12-13-30-22(14-16)32-23(17-4-8-19(9-5-17)26(27,28)29)21-11-7-18-6-10-20(15-33(2)3)31-24(18)25(21)34/h4-14,23,34H,15H2,1-3H3,(H,30,32)/t23-/m1/s1. The molecule has 0 radical (unpaired) electrons. The van der Waals surface area contributed by atoms with E-state index in [1.807, 2.05) is 56.3 Å². The Morgan fingerprint density at radius 1 is 1.00 bits per heavy atom. The first-order valence-electron chi connectivity index (χ1n) is 10.7. The maximum absolute atomic E-state index is 13.1. The van der Waals surface area contributed by atoms with E-state index < -0.39 is 17.8 Å². The number of phenols is 1. The summed E-state index contributed by atoms with van der Waals surface area (Å²) in [5.41, 5.74) is 2.51. The van der Waals surface area contributed by atoms with Crippen molar-refractivity contribution in [3.8, 4) is 5.75 Å². The molecule has 0 fully saturated rings. The number of nitrogens with one attached hydrogen (secondary N) is 1. The van der Waals surface area contributed by atoms with Crippen LogP contribution in [0.4, 0.5) is 19.0 Å². The third-order valence-corrected chi connectivity index (χ3v) is 5.49. The van der Waals surface area contributed by atoms with Crippen LogP contribution in [0.2, 0.25) is 0 Å². The van der Waals surface area contributed by atoms with Gasteiger partial charge in [0.15, 0.2) is 0 Å². The van der Waals surface area contributed by atoms with Crippen molar-refractivity contribution < 1.29 is 18.3 Å². The number of halogens is 3. The number of aromatic hydroxyl groups is 1. The molecule has 0 aliphatic carbocycles. The molecule has 0 saturated heterocycles. The number of hydrogen-bond donors (Lipinski definition) is 2. The van der Waals surface area contributed by atoms with Gasteiger partial charge in [-0.3, -0.25) is 0 Å². The number of benzene rings is 2. The first-order chi connectivity index (χ1) is 16.1. The minimum atomic E-state index is -4.43. The maximum Gasteiger partial charge on any atom is 0.416 e. The van der Waals surface area contributed by atoms with Crippen LogP contribution in [0.5, 0.6) is 5.75 Å². The zero-order valence-corrected chi connectivity index (χ0v) is 19.1. The smallest absolute Gasteiger partial charge is 0.416 e. The summed E-state index contributed by atoms with van der Waals surface area (Å²) in [7, 11) is 3.86. The van der Waals surface area contributed by atoms with Crippen LogP contribution in [0.25, 0.3) is 10.9 Å². The Bertz CT molecular complexity index is 1300. The van der Waals surface area contributed by atoms with Gasteiger partial charge in [0, 0.05) is 23.7 Å². The number of hydrogen-bond acceptors (Lipinski definition) is 5. The highest BCUT2D eigenvalue weighted by molar-refractivity contribution is 5.86. The molecule has 4 rings (SSSR count). The number of nitrogens with zero attached hydrogens (tertiary/aromatic N) is 3. The van der Waals surface area contributed by atoms with Crippen LogP contribution in [0.3, 0.4) is 0 Å². The highest BCUT2D eigenvalue weighted by Crippen LogP contribution is 2.38. The number of rotatable bonds is 6. The van der Waals surface area contributed by atoms with Crippen molar-refractivity contribution in [2.24, 2.45) is 0 Å². The van der Waals surface area contributed by atoms with Crippen LogP contribution < -0.4 is 5.32 Å². The van der Waals surface area contributed by atoms with Crippen molar-refractivity contribution in [2.45, 2.75) is 25.7 Å². The summed E-state index contributed by atoms with van der Waals surface area (Å²) in [4.78, 5) is 10.9. The molecule has 2 aromatic heterocycles. The lowest BCUT2D eigenvalue weighted by Gasteiger charge is -2.23. The van der Waals surface area contributed by atoms with Crippen LogP contribution in [0.1, 0.15) is 34.0 Å². The molecular formula is C26H25F3N4O. The number of aryl methyl sites for hydroxylation is 1. The molecule has 0 bridgehead atoms. The third kappa shape index (κ3) is 5.12.